The normalized spacial score (nSPS) is 12.1. The van der Waals surface area contributed by atoms with Crippen LogP contribution in [-0.4, -0.2) is 9.97 Å². The first-order valence-electron chi connectivity index (χ1n) is 6.98. The number of benzene rings is 2. The van der Waals surface area contributed by atoms with E-state index in [1.54, 1.807) is 6.07 Å². The first-order chi connectivity index (χ1) is 10.6. The summed E-state index contributed by atoms with van der Waals surface area (Å²) in [7, 11) is 0. The monoisotopic (exact) mass is 356 g/mol. The first-order valence-corrected chi connectivity index (χ1v) is 7.77. The quantitative estimate of drug-likeness (QED) is 0.609. The lowest BCUT2D eigenvalue weighted by Crippen LogP contribution is -1.99. The van der Waals surface area contributed by atoms with Gasteiger partial charge in [-0.15, -0.1) is 0 Å². The van der Waals surface area contributed by atoms with Gasteiger partial charge in [0.15, 0.2) is 5.82 Å². The molecule has 4 heteroatoms. The number of alkyl halides is 1. The zero-order valence-electron chi connectivity index (χ0n) is 12.0. The molecule has 1 atom stereocenters. The Hall–Kier alpha value is -2.07. The Morgan fingerprint density at radius 3 is 2.23 bits per heavy atom. The minimum Gasteiger partial charge on any atom is -0.241 e. The maximum absolute atomic E-state index is 13.8. The molecule has 0 spiro atoms. The van der Waals surface area contributed by atoms with E-state index in [0.717, 1.165) is 21.3 Å². The predicted molar refractivity (Wildman–Crippen MR) is 90.1 cm³/mol. The van der Waals surface area contributed by atoms with Crippen molar-refractivity contribution in [3.05, 3.63) is 70.8 Å². The third kappa shape index (κ3) is 3.22. The summed E-state index contributed by atoms with van der Waals surface area (Å²) >= 11 is 3.41. The zero-order valence-corrected chi connectivity index (χ0v) is 13.6. The smallest absolute Gasteiger partial charge is 0.160 e. The molecule has 0 aliphatic carbocycles. The van der Waals surface area contributed by atoms with Gasteiger partial charge in [-0.25, -0.2) is 14.4 Å². The molecule has 0 bridgehead atoms. The number of rotatable bonds is 3. The van der Waals surface area contributed by atoms with Crippen LogP contribution in [0.15, 0.2) is 65.1 Å². The molecule has 2 nitrogen and oxygen atoms in total. The van der Waals surface area contributed by atoms with Gasteiger partial charge in [0.1, 0.15) is 6.17 Å². The van der Waals surface area contributed by atoms with E-state index in [1.165, 1.54) is 6.92 Å². The summed E-state index contributed by atoms with van der Waals surface area (Å²) in [5, 5.41) is 0. The van der Waals surface area contributed by atoms with E-state index >= 15 is 0 Å². The van der Waals surface area contributed by atoms with Crippen LogP contribution < -0.4 is 0 Å². The summed E-state index contributed by atoms with van der Waals surface area (Å²) in [6, 6.07) is 19.1. The number of hydrogen-bond donors (Lipinski definition) is 0. The maximum Gasteiger partial charge on any atom is 0.160 e. The van der Waals surface area contributed by atoms with Crippen LogP contribution in [0.4, 0.5) is 4.39 Å². The molecule has 0 saturated heterocycles. The van der Waals surface area contributed by atoms with Crippen molar-refractivity contribution in [2.45, 2.75) is 13.1 Å². The molecule has 110 valence electrons. The van der Waals surface area contributed by atoms with Gasteiger partial charge < -0.3 is 0 Å². The van der Waals surface area contributed by atoms with Crippen molar-refractivity contribution >= 4 is 15.9 Å². The maximum atomic E-state index is 13.8. The highest BCUT2D eigenvalue weighted by Gasteiger charge is 2.12. The highest BCUT2D eigenvalue weighted by atomic mass is 79.9. The second kappa shape index (κ2) is 6.36. The second-order valence-electron chi connectivity index (χ2n) is 4.99. The molecule has 0 radical (unpaired) electrons. The summed E-state index contributed by atoms with van der Waals surface area (Å²) in [6.07, 6.45) is -1.14. The van der Waals surface area contributed by atoms with Gasteiger partial charge in [-0.2, -0.15) is 0 Å². The SMILES string of the molecule is C[C@@H](F)c1cc(-c2ccc(Br)cc2)nc(-c2ccccc2)n1. The molecule has 0 unspecified atom stereocenters. The van der Waals surface area contributed by atoms with Gasteiger partial charge in [-0.1, -0.05) is 58.4 Å². The van der Waals surface area contributed by atoms with Gasteiger partial charge in [0, 0.05) is 15.6 Å². The predicted octanol–water partition coefficient (Wildman–Crippen LogP) is 5.60. The van der Waals surface area contributed by atoms with Gasteiger partial charge in [-0.3, -0.25) is 0 Å². The van der Waals surface area contributed by atoms with Gasteiger partial charge in [0.2, 0.25) is 0 Å². The van der Waals surface area contributed by atoms with E-state index in [0.29, 0.717) is 11.5 Å². The summed E-state index contributed by atoms with van der Waals surface area (Å²) in [5.41, 5.74) is 2.93. The van der Waals surface area contributed by atoms with Crippen LogP contribution in [0.2, 0.25) is 0 Å². The summed E-state index contributed by atoms with van der Waals surface area (Å²) < 4.78 is 14.8. The number of nitrogens with zero attached hydrogens (tertiary/aromatic N) is 2. The van der Waals surface area contributed by atoms with Crippen LogP contribution in [0.25, 0.3) is 22.6 Å². The van der Waals surface area contributed by atoms with Crippen molar-refractivity contribution in [3.63, 3.8) is 0 Å². The van der Waals surface area contributed by atoms with E-state index in [-0.39, 0.29) is 0 Å². The topological polar surface area (TPSA) is 25.8 Å². The Morgan fingerprint density at radius 1 is 0.909 bits per heavy atom. The van der Waals surface area contributed by atoms with Crippen molar-refractivity contribution in [3.8, 4) is 22.6 Å². The van der Waals surface area contributed by atoms with Crippen molar-refractivity contribution in [2.75, 3.05) is 0 Å². The Bertz CT molecular complexity index is 771. The fourth-order valence-corrected chi connectivity index (χ4v) is 2.42. The van der Waals surface area contributed by atoms with Gasteiger partial charge >= 0.3 is 0 Å². The lowest BCUT2D eigenvalue weighted by atomic mass is 10.1. The molecule has 0 fully saturated rings. The minimum atomic E-state index is -1.14. The molecule has 1 aromatic heterocycles. The molecular formula is C18H14BrFN2. The van der Waals surface area contributed by atoms with Crippen LogP contribution in [0, 0.1) is 0 Å². The Kier molecular flexibility index (Phi) is 4.29. The minimum absolute atomic E-state index is 0.395. The van der Waals surface area contributed by atoms with Gasteiger partial charge in [-0.05, 0) is 25.1 Å². The van der Waals surface area contributed by atoms with Gasteiger partial charge in [0.25, 0.3) is 0 Å². The Morgan fingerprint density at radius 2 is 1.59 bits per heavy atom. The molecule has 3 rings (SSSR count). The average Bonchev–Trinajstić information content (AvgIpc) is 2.56. The number of hydrogen-bond acceptors (Lipinski definition) is 2. The van der Waals surface area contributed by atoms with E-state index in [9.17, 15) is 4.39 Å². The van der Waals surface area contributed by atoms with Crippen molar-refractivity contribution in [2.24, 2.45) is 0 Å². The van der Waals surface area contributed by atoms with Crippen LogP contribution in [0.5, 0.6) is 0 Å². The summed E-state index contributed by atoms with van der Waals surface area (Å²) in [5.74, 6) is 0.542. The highest BCUT2D eigenvalue weighted by Crippen LogP contribution is 2.26. The highest BCUT2D eigenvalue weighted by molar-refractivity contribution is 9.10. The molecule has 22 heavy (non-hydrogen) atoms. The Balaban J connectivity index is 2.14. The fourth-order valence-electron chi connectivity index (χ4n) is 2.15. The van der Waals surface area contributed by atoms with E-state index in [1.807, 2.05) is 54.6 Å². The van der Waals surface area contributed by atoms with Gasteiger partial charge in [0.05, 0.1) is 11.4 Å². The standard InChI is InChI=1S/C18H14BrFN2/c1-12(20)16-11-17(13-7-9-15(19)10-8-13)22-18(21-16)14-5-3-2-4-6-14/h2-12H,1H3/t12-/m1/s1. The average molecular weight is 357 g/mol. The van der Waals surface area contributed by atoms with Crippen molar-refractivity contribution in [1.29, 1.82) is 0 Å². The van der Waals surface area contributed by atoms with E-state index in [2.05, 4.69) is 25.9 Å². The number of aromatic nitrogens is 2. The third-order valence-electron chi connectivity index (χ3n) is 3.33. The van der Waals surface area contributed by atoms with Crippen molar-refractivity contribution in [1.82, 2.24) is 9.97 Å². The molecule has 1 heterocycles. The lowest BCUT2D eigenvalue weighted by molar-refractivity contribution is 0.366. The Labute approximate surface area is 137 Å². The first kappa shape index (κ1) is 14.9. The molecule has 0 aliphatic rings. The summed E-state index contributed by atoms with van der Waals surface area (Å²) in [6.45, 7) is 1.49. The van der Waals surface area contributed by atoms with Crippen LogP contribution >= 0.6 is 15.9 Å². The second-order valence-corrected chi connectivity index (χ2v) is 5.91. The fraction of sp³-hybridized carbons (Fsp3) is 0.111. The zero-order chi connectivity index (χ0) is 15.5. The molecule has 0 aliphatic heterocycles. The number of halogens is 2. The van der Waals surface area contributed by atoms with E-state index in [4.69, 9.17) is 0 Å². The van der Waals surface area contributed by atoms with Crippen molar-refractivity contribution < 1.29 is 4.39 Å². The third-order valence-corrected chi connectivity index (χ3v) is 3.85. The molecule has 0 saturated carbocycles. The molecule has 0 N–H and O–H groups in total. The molecule has 3 aromatic rings. The summed E-state index contributed by atoms with van der Waals surface area (Å²) in [4.78, 5) is 8.94. The van der Waals surface area contributed by atoms with Crippen LogP contribution in [0.3, 0.4) is 0 Å². The largest absolute Gasteiger partial charge is 0.241 e. The lowest BCUT2D eigenvalue weighted by Gasteiger charge is -2.09. The molecule has 0 amide bonds. The van der Waals surface area contributed by atoms with Crippen LogP contribution in [0.1, 0.15) is 18.8 Å². The van der Waals surface area contributed by atoms with Crippen LogP contribution in [-0.2, 0) is 0 Å². The molecular weight excluding hydrogens is 343 g/mol. The van der Waals surface area contributed by atoms with E-state index < -0.39 is 6.17 Å². The molecule has 2 aromatic carbocycles.